The maximum atomic E-state index is 12.0. The normalized spacial score (nSPS) is 20.4. The number of carbonyl (C=O) groups is 1. The minimum absolute atomic E-state index is 0.0913. The zero-order valence-electron chi connectivity index (χ0n) is 15.9. The van der Waals surface area contributed by atoms with Crippen LogP contribution in [-0.2, 0) is 24.3 Å². The number of carbonyl (C=O) groups excluding carboxylic acids is 1. The highest BCUT2D eigenvalue weighted by Crippen LogP contribution is 2.26. The maximum absolute atomic E-state index is 12.0. The fourth-order valence-electron chi connectivity index (χ4n) is 3.54. The zero-order valence-corrected chi connectivity index (χ0v) is 15.9. The van der Waals surface area contributed by atoms with Crippen molar-refractivity contribution >= 4 is 5.91 Å². The minimum Gasteiger partial charge on any atom is -0.353 e. The molecule has 1 aliphatic heterocycles. The molecule has 1 atom stereocenters. The third-order valence-electron chi connectivity index (χ3n) is 5.26. The van der Waals surface area contributed by atoms with E-state index in [2.05, 4.69) is 46.9 Å². The lowest BCUT2D eigenvalue weighted by Crippen LogP contribution is -2.36. The van der Waals surface area contributed by atoms with E-state index < -0.39 is 0 Å². The summed E-state index contributed by atoms with van der Waals surface area (Å²) in [6.07, 6.45) is 8.75. The van der Waals surface area contributed by atoms with Crippen LogP contribution in [0, 0.1) is 0 Å². The van der Waals surface area contributed by atoms with Crippen LogP contribution in [0.4, 0.5) is 0 Å². The molecular formula is C19H28N6O. The largest absolute Gasteiger partial charge is 0.353 e. The summed E-state index contributed by atoms with van der Waals surface area (Å²) in [5.74, 6) is 1.15. The number of hydrogen-bond acceptors (Lipinski definition) is 4. The lowest BCUT2D eigenvalue weighted by atomic mass is 10.2. The summed E-state index contributed by atoms with van der Waals surface area (Å²) in [4.78, 5) is 19.2. The van der Waals surface area contributed by atoms with Crippen molar-refractivity contribution in [2.45, 2.75) is 71.2 Å². The first-order valence-corrected chi connectivity index (χ1v) is 9.62. The molecule has 0 saturated heterocycles. The van der Waals surface area contributed by atoms with E-state index in [1.165, 1.54) is 5.56 Å². The van der Waals surface area contributed by atoms with Gasteiger partial charge in [-0.1, -0.05) is 0 Å². The number of hydrogen-bond donors (Lipinski definition) is 1. The van der Waals surface area contributed by atoms with Crippen LogP contribution in [0.2, 0.25) is 0 Å². The second-order valence-corrected chi connectivity index (χ2v) is 7.87. The Hall–Kier alpha value is -2.15. The Morgan fingerprint density at radius 1 is 1.31 bits per heavy atom. The van der Waals surface area contributed by atoms with Crippen molar-refractivity contribution in [1.29, 1.82) is 0 Å². The van der Waals surface area contributed by atoms with E-state index >= 15 is 0 Å². The molecule has 1 fully saturated rings. The SMILES string of the molecule is CC(C)n1cc(CN2CCn3cc(CC(=O)NC4CC4)nc3[C@H]2C)cn1. The van der Waals surface area contributed by atoms with Crippen LogP contribution in [0.3, 0.4) is 0 Å². The van der Waals surface area contributed by atoms with Gasteiger partial charge in [0.05, 0.1) is 24.4 Å². The molecule has 0 aromatic carbocycles. The van der Waals surface area contributed by atoms with Gasteiger partial charge in [-0.2, -0.15) is 5.10 Å². The topological polar surface area (TPSA) is 68.0 Å². The van der Waals surface area contributed by atoms with Crippen molar-refractivity contribution in [3.05, 3.63) is 35.7 Å². The van der Waals surface area contributed by atoms with Crippen LogP contribution in [0.1, 0.15) is 62.8 Å². The highest BCUT2D eigenvalue weighted by molar-refractivity contribution is 5.78. The number of nitrogens with zero attached hydrogens (tertiary/aromatic N) is 5. The van der Waals surface area contributed by atoms with E-state index in [0.717, 1.165) is 44.0 Å². The van der Waals surface area contributed by atoms with E-state index in [9.17, 15) is 4.79 Å². The number of amides is 1. The van der Waals surface area contributed by atoms with Gasteiger partial charge in [0.15, 0.2) is 0 Å². The molecule has 1 aliphatic carbocycles. The summed E-state index contributed by atoms with van der Waals surface area (Å²) in [5, 5.41) is 7.48. The number of rotatable bonds is 6. The van der Waals surface area contributed by atoms with Gasteiger partial charge in [-0.3, -0.25) is 14.4 Å². The molecule has 4 rings (SSSR count). The summed E-state index contributed by atoms with van der Waals surface area (Å²) in [5.41, 5.74) is 2.11. The number of imidazole rings is 1. The monoisotopic (exact) mass is 356 g/mol. The number of fused-ring (bicyclic) bond motifs is 1. The highest BCUT2D eigenvalue weighted by atomic mass is 16.1. The fourth-order valence-corrected chi connectivity index (χ4v) is 3.54. The van der Waals surface area contributed by atoms with E-state index in [1.54, 1.807) is 0 Å². The molecule has 2 aliphatic rings. The van der Waals surface area contributed by atoms with Gasteiger partial charge < -0.3 is 9.88 Å². The second-order valence-electron chi connectivity index (χ2n) is 7.87. The van der Waals surface area contributed by atoms with Crippen molar-refractivity contribution < 1.29 is 4.79 Å². The lowest BCUT2D eigenvalue weighted by Gasteiger charge is -2.33. The summed E-state index contributed by atoms with van der Waals surface area (Å²) in [6, 6.07) is 1.01. The van der Waals surface area contributed by atoms with Gasteiger partial charge in [-0.15, -0.1) is 0 Å². The zero-order chi connectivity index (χ0) is 18.3. The molecule has 2 aromatic heterocycles. The predicted molar refractivity (Wildman–Crippen MR) is 98.5 cm³/mol. The summed E-state index contributed by atoms with van der Waals surface area (Å²) in [7, 11) is 0. The van der Waals surface area contributed by atoms with Crippen molar-refractivity contribution in [1.82, 2.24) is 29.5 Å². The van der Waals surface area contributed by atoms with Crippen LogP contribution in [0.25, 0.3) is 0 Å². The molecule has 140 valence electrons. The summed E-state index contributed by atoms with van der Waals surface area (Å²) >= 11 is 0. The maximum Gasteiger partial charge on any atom is 0.226 e. The third kappa shape index (κ3) is 3.67. The Bertz CT molecular complexity index is 788. The second kappa shape index (κ2) is 6.87. The molecule has 7 nitrogen and oxygen atoms in total. The van der Waals surface area contributed by atoms with Crippen molar-refractivity contribution in [3.63, 3.8) is 0 Å². The summed E-state index contributed by atoms with van der Waals surface area (Å²) in [6.45, 7) is 9.23. The van der Waals surface area contributed by atoms with E-state index in [1.807, 2.05) is 17.1 Å². The van der Waals surface area contributed by atoms with Gasteiger partial charge >= 0.3 is 0 Å². The predicted octanol–water partition coefficient (Wildman–Crippen LogP) is 2.06. The minimum atomic E-state index is 0.0913. The van der Waals surface area contributed by atoms with Crippen LogP contribution in [0.15, 0.2) is 18.6 Å². The van der Waals surface area contributed by atoms with Crippen molar-refractivity contribution in [2.75, 3.05) is 6.54 Å². The van der Waals surface area contributed by atoms with Gasteiger partial charge in [0.25, 0.3) is 0 Å². The number of nitrogens with one attached hydrogen (secondary N) is 1. The molecule has 2 aromatic rings. The van der Waals surface area contributed by atoms with Gasteiger partial charge in [-0.05, 0) is 33.6 Å². The Morgan fingerprint density at radius 2 is 2.12 bits per heavy atom. The molecule has 7 heteroatoms. The molecular weight excluding hydrogens is 328 g/mol. The van der Waals surface area contributed by atoms with Gasteiger partial charge in [-0.25, -0.2) is 4.98 Å². The average molecular weight is 356 g/mol. The van der Waals surface area contributed by atoms with Crippen LogP contribution >= 0.6 is 0 Å². The Kier molecular flexibility index (Phi) is 4.56. The molecule has 0 unspecified atom stereocenters. The first-order chi connectivity index (χ1) is 12.5. The van der Waals surface area contributed by atoms with Gasteiger partial charge in [0.2, 0.25) is 5.91 Å². The molecule has 1 N–H and O–H groups in total. The average Bonchev–Trinajstić information content (AvgIpc) is 3.11. The van der Waals surface area contributed by atoms with Crippen molar-refractivity contribution in [2.24, 2.45) is 0 Å². The quantitative estimate of drug-likeness (QED) is 0.860. The van der Waals surface area contributed by atoms with E-state index in [0.29, 0.717) is 18.5 Å². The highest BCUT2D eigenvalue weighted by Gasteiger charge is 2.28. The fraction of sp³-hybridized carbons (Fsp3) is 0.632. The first kappa shape index (κ1) is 17.3. The summed E-state index contributed by atoms with van der Waals surface area (Å²) < 4.78 is 4.21. The lowest BCUT2D eigenvalue weighted by molar-refractivity contribution is -0.120. The Labute approximate surface area is 154 Å². The van der Waals surface area contributed by atoms with Crippen LogP contribution in [-0.4, -0.2) is 42.7 Å². The third-order valence-corrected chi connectivity index (χ3v) is 5.26. The molecule has 3 heterocycles. The molecule has 26 heavy (non-hydrogen) atoms. The molecule has 1 amide bonds. The van der Waals surface area contributed by atoms with Gasteiger partial charge in [0.1, 0.15) is 5.82 Å². The Morgan fingerprint density at radius 3 is 2.81 bits per heavy atom. The van der Waals surface area contributed by atoms with Crippen molar-refractivity contribution in [3.8, 4) is 0 Å². The van der Waals surface area contributed by atoms with Crippen LogP contribution in [0.5, 0.6) is 0 Å². The molecule has 0 bridgehead atoms. The van der Waals surface area contributed by atoms with E-state index in [4.69, 9.17) is 4.98 Å². The standard InChI is InChI=1S/C19H28N6O/c1-13(2)25-11-15(9-20-25)10-23-6-7-24-12-17(22-19(24)14(23)3)8-18(26)21-16-4-5-16/h9,11-14,16H,4-8,10H2,1-3H3,(H,21,26)/t14-/m1/s1. The molecule has 1 saturated carbocycles. The first-order valence-electron chi connectivity index (χ1n) is 9.62. The molecule has 0 radical (unpaired) electrons. The van der Waals surface area contributed by atoms with E-state index in [-0.39, 0.29) is 11.9 Å². The Balaban J connectivity index is 1.42. The number of aromatic nitrogens is 4. The smallest absolute Gasteiger partial charge is 0.226 e. The molecule has 0 spiro atoms. The van der Waals surface area contributed by atoms with Gasteiger partial charge in [0, 0.05) is 49.7 Å². The van der Waals surface area contributed by atoms with Crippen LogP contribution < -0.4 is 5.32 Å².